The Balaban J connectivity index is 2.27. The maximum Gasteiger partial charge on any atom is 0.269 e. The molecule has 0 N–H and O–H groups in total. The van der Waals surface area contributed by atoms with E-state index in [0.29, 0.717) is 4.91 Å². The molecule has 2 rings (SSSR count). The molecule has 1 saturated heterocycles. The Hall–Kier alpha value is -1.82. The molecular formula is C13H16N2O3S. The minimum absolute atomic E-state index is 0.199. The van der Waals surface area contributed by atoms with E-state index in [-0.39, 0.29) is 11.8 Å². The summed E-state index contributed by atoms with van der Waals surface area (Å²) < 4.78 is 17.0. The Morgan fingerprint density at radius 1 is 1.32 bits per heavy atom. The summed E-state index contributed by atoms with van der Waals surface area (Å²) in [6, 6.07) is 7.12. The maximum atomic E-state index is 12.2. The molecule has 1 atom stereocenters. The van der Waals surface area contributed by atoms with Gasteiger partial charge in [0.05, 0.1) is 17.9 Å². The van der Waals surface area contributed by atoms with Crippen molar-refractivity contribution in [2.75, 3.05) is 32.0 Å². The molecule has 1 aliphatic rings. The van der Waals surface area contributed by atoms with Gasteiger partial charge in [0.2, 0.25) is 0 Å². The highest BCUT2D eigenvalue weighted by Gasteiger charge is 2.33. The number of rotatable bonds is 3. The van der Waals surface area contributed by atoms with Gasteiger partial charge in [0.1, 0.15) is 16.5 Å². The van der Waals surface area contributed by atoms with Crippen LogP contribution >= 0.6 is 0 Å². The van der Waals surface area contributed by atoms with Gasteiger partial charge < -0.3 is 9.64 Å². The lowest BCUT2D eigenvalue weighted by molar-refractivity contribution is -0.114. The van der Waals surface area contributed by atoms with E-state index in [1.54, 1.807) is 56.6 Å². The topological polar surface area (TPSA) is 49.9 Å². The predicted octanol–water partition coefficient (Wildman–Crippen LogP) is 1.15. The van der Waals surface area contributed by atoms with Crippen molar-refractivity contribution in [3.05, 3.63) is 35.4 Å². The zero-order chi connectivity index (χ0) is 14.0. The van der Waals surface area contributed by atoms with Crippen molar-refractivity contribution in [1.29, 1.82) is 0 Å². The van der Waals surface area contributed by atoms with Crippen molar-refractivity contribution < 1.29 is 13.7 Å². The number of anilines is 1. The van der Waals surface area contributed by atoms with Gasteiger partial charge in [-0.25, -0.2) is 0 Å². The van der Waals surface area contributed by atoms with E-state index >= 15 is 0 Å². The molecule has 0 unspecified atom stereocenters. The predicted molar refractivity (Wildman–Crippen MR) is 75.3 cm³/mol. The molecule has 1 fully saturated rings. The van der Waals surface area contributed by atoms with Gasteiger partial charge in [-0.3, -0.25) is 13.9 Å². The molecule has 0 radical (unpaired) electrons. The van der Waals surface area contributed by atoms with Crippen LogP contribution in [0, 0.1) is 0 Å². The first-order chi connectivity index (χ1) is 9.02. The molecule has 1 aromatic carbocycles. The summed E-state index contributed by atoms with van der Waals surface area (Å²) in [6.07, 6.45) is 1.61. The van der Waals surface area contributed by atoms with Gasteiger partial charge in [-0.1, -0.05) is 0 Å². The molecule has 0 aromatic heterocycles. The van der Waals surface area contributed by atoms with Crippen LogP contribution in [0.25, 0.3) is 0 Å². The summed E-state index contributed by atoms with van der Waals surface area (Å²) >= 11 is 0. The van der Waals surface area contributed by atoms with E-state index in [9.17, 15) is 9.00 Å². The lowest BCUT2D eigenvalue weighted by atomic mass is 10.3. The standard InChI is InChI=1S/C13H16N2O3S/c1-14(2)8-12-13(16)15(9-19(12)17)10-4-6-11(18-3)7-5-10/h4-8H,9H2,1-3H3/b12-8+/t19-/m1/s1. The van der Waals surface area contributed by atoms with E-state index in [1.165, 1.54) is 4.90 Å². The zero-order valence-electron chi connectivity index (χ0n) is 11.1. The van der Waals surface area contributed by atoms with Crippen LogP contribution in [-0.4, -0.2) is 42.1 Å². The Labute approximate surface area is 114 Å². The van der Waals surface area contributed by atoms with E-state index in [2.05, 4.69) is 0 Å². The summed E-state index contributed by atoms with van der Waals surface area (Å²) in [4.78, 5) is 15.8. The Morgan fingerprint density at radius 3 is 2.47 bits per heavy atom. The third-order valence-corrected chi connectivity index (χ3v) is 3.97. The molecule has 1 amide bonds. The highest BCUT2D eigenvalue weighted by molar-refractivity contribution is 7.90. The summed E-state index contributed by atoms with van der Waals surface area (Å²) in [5, 5.41) is 0. The third kappa shape index (κ3) is 2.78. The first-order valence-corrected chi connectivity index (χ1v) is 7.07. The van der Waals surface area contributed by atoms with Crippen LogP contribution in [0.2, 0.25) is 0 Å². The summed E-state index contributed by atoms with van der Waals surface area (Å²) in [6.45, 7) is 0. The summed E-state index contributed by atoms with van der Waals surface area (Å²) in [5.41, 5.74) is 0.723. The van der Waals surface area contributed by atoms with Crippen LogP contribution in [0.4, 0.5) is 5.69 Å². The lowest BCUT2D eigenvalue weighted by Gasteiger charge is -2.14. The normalized spacial score (nSPS) is 21.0. The summed E-state index contributed by atoms with van der Waals surface area (Å²) in [7, 11) is 3.90. The smallest absolute Gasteiger partial charge is 0.269 e. The molecule has 5 nitrogen and oxygen atoms in total. The fraction of sp³-hybridized carbons (Fsp3) is 0.308. The van der Waals surface area contributed by atoms with Gasteiger partial charge in [-0.15, -0.1) is 0 Å². The molecule has 1 heterocycles. The molecular weight excluding hydrogens is 264 g/mol. The SMILES string of the molecule is COc1ccc(N2C[S@@](=O)/C(=C/N(C)C)C2=O)cc1. The van der Waals surface area contributed by atoms with Gasteiger partial charge in [-0.05, 0) is 24.3 Å². The largest absolute Gasteiger partial charge is 0.497 e. The molecule has 102 valence electrons. The van der Waals surface area contributed by atoms with E-state index < -0.39 is 10.8 Å². The fourth-order valence-electron chi connectivity index (χ4n) is 1.78. The van der Waals surface area contributed by atoms with Crippen LogP contribution in [-0.2, 0) is 15.6 Å². The Morgan fingerprint density at radius 2 is 1.95 bits per heavy atom. The molecule has 0 aliphatic carbocycles. The second-order valence-electron chi connectivity index (χ2n) is 4.36. The number of benzene rings is 1. The van der Waals surface area contributed by atoms with Crippen LogP contribution in [0.15, 0.2) is 35.4 Å². The molecule has 0 spiro atoms. The van der Waals surface area contributed by atoms with Crippen molar-refractivity contribution in [2.24, 2.45) is 0 Å². The Kier molecular flexibility index (Phi) is 3.90. The molecule has 0 bridgehead atoms. The second kappa shape index (κ2) is 5.44. The highest BCUT2D eigenvalue weighted by Crippen LogP contribution is 2.26. The van der Waals surface area contributed by atoms with Gasteiger partial charge in [-0.2, -0.15) is 0 Å². The molecule has 1 aromatic rings. The number of hydrogen-bond donors (Lipinski definition) is 0. The third-order valence-electron chi connectivity index (χ3n) is 2.71. The number of methoxy groups -OCH3 is 1. The zero-order valence-corrected chi connectivity index (χ0v) is 11.9. The number of ether oxygens (including phenoxy) is 1. The number of nitrogens with zero attached hydrogens (tertiary/aromatic N) is 2. The first-order valence-electron chi connectivity index (χ1n) is 5.75. The average molecular weight is 280 g/mol. The minimum atomic E-state index is -1.28. The number of carbonyl (C=O) groups is 1. The molecule has 6 heteroatoms. The Bertz CT molecular complexity index is 537. The molecule has 1 aliphatic heterocycles. The van der Waals surface area contributed by atoms with Gasteiger partial charge in [0.25, 0.3) is 5.91 Å². The van der Waals surface area contributed by atoms with Crippen molar-refractivity contribution >= 4 is 22.4 Å². The first kappa shape index (κ1) is 13.6. The fourth-order valence-corrected chi connectivity index (χ4v) is 3.05. The monoisotopic (exact) mass is 280 g/mol. The van der Waals surface area contributed by atoms with Crippen molar-refractivity contribution in [2.45, 2.75) is 0 Å². The van der Waals surface area contributed by atoms with Crippen molar-refractivity contribution in [1.82, 2.24) is 4.90 Å². The van der Waals surface area contributed by atoms with E-state index in [4.69, 9.17) is 4.74 Å². The highest BCUT2D eigenvalue weighted by atomic mass is 32.2. The minimum Gasteiger partial charge on any atom is -0.497 e. The average Bonchev–Trinajstić information content (AvgIpc) is 2.66. The van der Waals surface area contributed by atoms with Crippen molar-refractivity contribution in [3.8, 4) is 5.75 Å². The van der Waals surface area contributed by atoms with Crippen LogP contribution in [0.1, 0.15) is 0 Å². The second-order valence-corrected chi connectivity index (χ2v) is 5.75. The van der Waals surface area contributed by atoms with Gasteiger partial charge in [0, 0.05) is 26.0 Å². The van der Waals surface area contributed by atoms with Crippen molar-refractivity contribution in [3.63, 3.8) is 0 Å². The van der Waals surface area contributed by atoms with Crippen LogP contribution < -0.4 is 9.64 Å². The quantitative estimate of drug-likeness (QED) is 0.779. The number of amides is 1. The van der Waals surface area contributed by atoms with Gasteiger partial charge in [0.15, 0.2) is 0 Å². The molecule has 19 heavy (non-hydrogen) atoms. The van der Waals surface area contributed by atoms with Crippen LogP contribution in [0.5, 0.6) is 5.75 Å². The van der Waals surface area contributed by atoms with Gasteiger partial charge >= 0.3 is 0 Å². The maximum absolute atomic E-state index is 12.2. The number of hydrogen-bond acceptors (Lipinski definition) is 4. The van der Waals surface area contributed by atoms with E-state index in [1.807, 2.05) is 0 Å². The lowest BCUT2D eigenvalue weighted by Crippen LogP contribution is -2.24. The summed E-state index contributed by atoms with van der Waals surface area (Å²) in [5.74, 6) is 0.711. The number of carbonyl (C=O) groups excluding carboxylic acids is 1. The van der Waals surface area contributed by atoms with E-state index in [0.717, 1.165) is 11.4 Å². The van der Waals surface area contributed by atoms with Crippen LogP contribution in [0.3, 0.4) is 0 Å². The molecule has 0 saturated carbocycles.